The van der Waals surface area contributed by atoms with Crippen molar-refractivity contribution in [3.05, 3.63) is 24.0 Å². The highest BCUT2D eigenvalue weighted by Gasteiger charge is 2.35. The maximum absolute atomic E-state index is 10.6. The Balaban J connectivity index is 2.16. The molecule has 3 heteroatoms. The molecule has 1 aromatic rings. The van der Waals surface area contributed by atoms with E-state index >= 15 is 0 Å². The Morgan fingerprint density at radius 1 is 1.33 bits per heavy atom. The van der Waals surface area contributed by atoms with Crippen molar-refractivity contribution in [2.75, 3.05) is 6.61 Å². The molecule has 1 aromatic heterocycles. The van der Waals surface area contributed by atoms with Crippen LogP contribution in [0, 0.1) is 5.41 Å². The highest BCUT2D eigenvalue weighted by molar-refractivity contribution is 5.26. The van der Waals surface area contributed by atoms with Crippen LogP contribution in [-0.2, 0) is 0 Å². The van der Waals surface area contributed by atoms with Crippen LogP contribution in [0.25, 0.3) is 0 Å². The van der Waals surface area contributed by atoms with Crippen LogP contribution in [0.15, 0.2) is 18.5 Å². The second-order valence-electron chi connectivity index (χ2n) is 5.50. The lowest BCUT2D eigenvalue weighted by Gasteiger charge is -2.38. The first kappa shape index (κ1) is 13.3. The van der Waals surface area contributed by atoms with Gasteiger partial charge in [-0.3, -0.25) is 4.98 Å². The molecule has 3 nitrogen and oxygen atoms in total. The molecule has 1 saturated carbocycles. The zero-order valence-corrected chi connectivity index (χ0v) is 11.4. The number of aliphatic hydroxyl groups is 1. The van der Waals surface area contributed by atoms with Crippen molar-refractivity contribution in [2.45, 2.75) is 52.1 Å². The van der Waals surface area contributed by atoms with Crippen molar-refractivity contribution in [3.63, 3.8) is 0 Å². The molecule has 1 fully saturated rings. The Morgan fingerprint density at radius 3 is 2.72 bits per heavy atom. The van der Waals surface area contributed by atoms with E-state index in [1.54, 1.807) is 12.4 Å². The van der Waals surface area contributed by atoms with Crippen LogP contribution in [0.3, 0.4) is 0 Å². The lowest BCUT2D eigenvalue weighted by molar-refractivity contribution is 0.00781. The number of ether oxygens (including phenoxy) is 1. The molecule has 1 aliphatic carbocycles. The summed E-state index contributed by atoms with van der Waals surface area (Å²) in [5.41, 5.74) is 0.871. The van der Waals surface area contributed by atoms with Crippen LogP contribution in [0.2, 0.25) is 0 Å². The topological polar surface area (TPSA) is 42.4 Å². The summed E-state index contributed by atoms with van der Waals surface area (Å²) in [6.45, 7) is 4.76. The highest BCUT2D eigenvalue weighted by atomic mass is 16.5. The van der Waals surface area contributed by atoms with E-state index in [-0.39, 0.29) is 5.41 Å². The Hall–Kier alpha value is -1.09. The van der Waals surface area contributed by atoms with Gasteiger partial charge in [0, 0.05) is 11.8 Å². The molecule has 1 unspecified atom stereocenters. The van der Waals surface area contributed by atoms with Gasteiger partial charge in [-0.25, -0.2) is 0 Å². The number of aromatic nitrogens is 1. The van der Waals surface area contributed by atoms with Gasteiger partial charge in [0.1, 0.15) is 5.75 Å². The predicted molar refractivity (Wildman–Crippen MR) is 71.6 cm³/mol. The van der Waals surface area contributed by atoms with E-state index in [1.165, 1.54) is 19.3 Å². The van der Waals surface area contributed by atoms with Crippen LogP contribution in [0.4, 0.5) is 0 Å². The van der Waals surface area contributed by atoms with Gasteiger partial charge in [-0.15, -0.1) is 0 Å². The summed E-state index contributed by atoms with van der Waals surface area (Å²) < 4.78 is 5.44. The lowest BCUT2D eigenvalue weighted by atomic mass is 9.70. The summed E-state index contributed by atoms with van der Waals surface area (Å²) in [4.78, 5) is 4.17. The van der Waals surface area contributed by atoms with Gasteiger partial charge in [0.2, 0.25) is 0 Å². The summed E-state index contributed by atoms with van der Waals surface area (Å²) in [5.74, 6) is 0.744. The van der Waals surface area contributed by atoms with E-state index in [1.807, 2.05) is 13.0 Å². The number of pyridine rings is 1. The summed E-state index contributed by atoms with van der Waals surface area (Å²) in [6.07, 6.45) is 8.92. The van der Waals surface area contributed by atoms with E-state index in [0.29, 0.717) is 6.61 Å². The average molecular weight is 249 g/mol. The quantitative estimate of drug-likeness (QED) is 0.888. The molecular formula is C15H23NO2. The summed E-state index contributed by atoms with van der Waals surface area (Å²) in [5, 5.41) is 10.6. The summed E-state index contributed by atoms with van der Waals surface area (Å²) >= 11 is 0. The number of aliphatic hydroxyl groups excluding tert-OH is 1. The van der Waals surface area contributed by atoms with E-state index in [4.69, 9.17) is 4.74 Å². The Kier molecular flexibility index (Phi) is 4.23. The second-order valence-corrected chi connectivity index (χ2v) is 5.50. The van der Waals surface area contributed by atoms with E-state index in [2.05, 4.69) is 11.9 Å². The van der Waals surface area contributed by atoms with Crippen LogP contribution in [0.5, 0.6) is 5.75 Å². The minimum Gasteiger partial charge on any atom is -0.492 e. The maximum Gasteiger partial charge on any atom is 0.137 e. The van der Waals surface area contributed by atoms with Gasteiger partial charge in [-0.2, -0.15) is 0 Å². The predicted octanol–water partition coefficient (Wildman–Crippen LogP) is 3.48. The Morgan fingerprint density at radius 2 is 2.06 bits per heavy atom. The van der Waals surface area contributed by atoms with Gasteiger partial charge in [0.05, 0.1) is 18.9 Å². The standard InChI is InChI=1S/C15H23NO2/c1-3-18-13-9-12(10-16-11-13)14(17)15(2)7-5-4-6-8-15/h9-11,14,17H,3-8H2,1-2H3. The van der Waals surface area contributed by atoms with Gasteiger partial charge in [0.25, 0.3) is 0 Å². The fourth-order valence-electron chi connectivity index (χ4n) is 2.87. The number of hydrogen-bond acceptors (Lipinski definition) is 3. The van der Waals surface area contributed by atoms with Gasteiger partial charge in [-0.1, -0.05) is 26.2 Å². The molecule has 0 spiro atoms. The van der Waals surface area contributed by atoms with Gasteiger partial charge in [-0.05, 0) is 31.2 Å². The van der Waals surface area contributed by atoms with Crippen LogP contribution in [-0.4, -0.2) is 16.7 Å². The monoisotopic (exact) mass is 249 g/mol. The molecule has 0 aliphatic heterocycles. The fourth-order valence-corrected chi connectivity index (χ4v) is 2.87. The van der Waals surface area contributed by atoms with Crippen LogP contribution in [0.1, 0.15) is 57.6 Å². The van der Waals surface area contributed by atoms with Gasteiger partial charge in [0.15, 0.2) is 0 Å². The largest absolute Gasteiger partial charge is 0.492 e. The molecule has 1 heterocycles. The van der Waals surface area contributed by atoms with Crippen molar-refractivity contribution in [2.24, 2.45) is 5.41 Å². The minimum atomic E-state index is -0.439. The van der Waals surface area contributed by atoms with Crippen molar-refractivity contribution < 1.29 is 9.84 Å². The van der Waals surface area contributed by atoms with Crippen molar-refractivity contribution in [3.8, 4) is 5.75 Å². The first-order valence-corrected chi connectivity index (χ1v) is 6.91. The SMILES string of the molecule is CCOc1cncc(C(O)C2(C)CCCCC2)c1. The van der Waals surface area contributed by atoms with E-state index in [0.717, 1.165) is 24.2 Å². The zero-order chi connectivity index (χ0) is 13.0. The third-order valence-corrected chi connectivity index (χ3v) is 4.02. The molecule has 1 atom stereocenters. The van der Waals surface area contributed by atoms with Gasteiger partial charge >= 0.3 is 0 Å². The molecule has 100 valence electrons. The molecule has 2 rings (SSSR count). The summed E-state index contributed by atoms with van der Waals surface area (Å²) in [6, 6.07) is 1.92. The van der Waals surface area contributed by atoms with E-state index in [9.17, 15) is 5.11 Å². The highest BCUT2D eigenvalue weighted by Crippen LogP contribution is 2.45. The van der Waals surface area contributed by atoms with Crippen molar-refractivity contribution in [1.82, 2.24) is 4.98 Å². The molecule has 0 radical (unpaired) electrons. The molecule has 0 saturated heterocycles. The lowest BCUT2D eigenvalue weighted by Crippen LogP contribution is -2.28. The molecule has 1 aliphatic rings. The minimum absolute atomic E-state index is 0.00916. The molecule has 1 N–H and O–H groups in total. The number of nitrogens with zero attached hydrogens (tertiary/aromatic N) is 1. The zero-order valence-electron chi connectivity index (χ0n) is 11.4. The molecular weight excluding hydrogens is 226 g/mol. The Bertz CT molecular complexity index is 386. The molecule has 0 amide bonds. The van der Waals surface area contributed by atoms with Crippen LogP contribution < -0.4 is 4.74 Å². The van der Waals surface area contributed by atoms with Crippen molar-refractivity contribution in [1.29, 1.82) is 0 Å². The summed E-state index contributed by atoms with van der Waals surface area (Å²) in [7, 11) is 0. The second kappa shape index (κ2) is 5.70. The number of hydrogen-bond donors (Lipinski definition) is 1. The average Bonchev–Trinajstić information content (AvgIpc) is 2.39. The van der Waals surface area contributed by atoms with Crippen molar-refractivity contribution >= 4 is 0 Å². The van der Waals surface area contributed by atoms with Crippen LogP contribution >= 0.6 is 0 Å². The first-order valence-electron chi connectivity index (χ1n) is 6.91. The first-order chi connectivity index (χ1) is 8.65. The smallest absolute Gasteiger partial charge is 0.137 e. The molecule has 18 heavy (non-hydrogen) atoms. The molecule has 0 bridgehead atoms. The third-order valence-electron chi connectivity index (χ3n) is 4.02. The maximum atomic E-state index is 10.6. The number of rotatable bonds is 4. The third kappa shape index (κ3) is 2.83. The Labute approximate surface area is 109 Å². The molecule has 0 aromatic carbocycles. The van der Waals surface area contributed by atoms with Gasteiger partial charge < -0.3 is 9.84 Å². The fraction of sp³-hybridized carbons (Fsp3) is 0.667. The van der Waals surface area contributed by atoms with E-state index < -0.39 is 6.10 Å². The normalized spacial score (nSPS) is 20.4.